The molecule has 0 aromatic heterocycles. The maximum atomic E-state index is 12.5. The van der Waals surface area contributed by atoms with Gasteiger partial charge < -0.3 is 19.3 Å². The molecule has 28 heavy (non-hydrogen) atoms. The van der Waals surface area contributed by atoms with Crippen molar-refractivity contribution < 1.29 is 24.1 Å². The van der Waals surface area contributed by atoms with E-state index in [1.54, 1.807) is 13.0 Å². The Morgan fingerprint density at radius 2 is 2.04 bits per heavy atom. The maximum absolute atomic E-state index is 12.5. The molecule has 3 rings (SSSR count). The van der Waals surface area contributed by atoms with Crippen LogP contribution in [-0.4, -0.2) is 41.0 Å². The SMILES string of the molecule is CC1Oc2ccc(OCc3ccccc3)cc2S[C@@H](C(=O)OCCCCl)[C@H]1O. The number of carbonyl (C=O) groups is 1. The molecule has 1 N–H and O–H groups in total. The van der Waals surface area contributed by atoms with Crippen LogP contribution in [-0.2, 0) is 16.1 Å². The van der Waals surface area contributed by atoms with Crippen molar-refractivity contribution in [3.8, 4) is 11.5 Å². The molecule has 7 heteroatoms. The third-order valence-corrected chi connectivity index (χ3v) is 5.84. The predicted molar refractivity (Wildman–Crippen MR) is 109 cm³/mol. The van der Waals surface area contributed by atoms with Gasteiger partial charge in [-0.15, -0.1) is 23.4 Å². The molecule has 1 heterocycles. The molecule has 3 atom stereocenters. The largest absolute Gasteiger partial charge is 0.489 e. The highest BCUT2D eigenvalue weighted by molar-refractivity contribution is 8.00. The summed E-state index contributed by atoms with van der Waals surface area (Å²) < 4.78 is 17.0. The first-order valence-corrected chi connectivity index (χ1v) is 10.5. The molecule has 0 spiro atoms. The molecule has 0 bridgehead atoms. The van der Waals surface area contributed by atoms with Crippen LogP contribution < -0.4 is 9.47 Å². The van der Waals surface area contributed by atoms with E-state index in [2.05, 4.69) is 0 Å². The second-order valence-electron chi connectivity index (χ2n) is 6.44. The summed E-state index contributed by atoms with van der Waals surface area (Å²) in [4.78, 5) is 13.2. The maximum Gasteiger partial charge on any atom is 0.322 e. The average Bonchev–Trinajstić information content (AvgIpc) is 2.83. The van der Waals surface area contributed by atoms with Gasteiger partial charge in [0.15, 0.2) is 0 Å². The molecular weight excluding hydrogens is 400 g/mol. The zero-order chi connectivity index (χ0) is 19.9. The van der Waals surface area contributed by atoms with Gasteiger partial charge >= 0.3 is 5.97 Å². The van der Waals surface area contributed by atoms with Gasteiger partial charge in [-0.3, -0.25) is 4.79 Å². The van der Waals surface area contributed by atoms with Gasteiger partial charge in [-0.05, 0) is 37.1 Å². The number of benzene rings is 2. The van der Waals surface area contributed by atoms with Crippen molar-refractivity contribution in [2.24, 2.45) is 0 Å². The number of fused-ring (bicyclic) bond motifs is 1. The Balaban J connectivity index is 1.73. The van der Waals surface area contributed by atoms with Crippen molar-refractivity contribution in [1.29, 1.82) is 0 Å². The summed E-state index contributed by atoms with van der Waals surface area (Å²) >= 11 is 6.86. The lowest BCUT2D eigenvalue weighted by atomic mass is 10.1. The highest BCUT2D eigenvalue weighted by atomic mass is 35.5. The number of alkyl halides is 1. The van der Waals surface area contributed by atoms with Gasteiger partial charge in [0, 0.05) is 5.88 Å². The third kappa shape index (κ3) is 5.34. The van der Waals surface area contributed by atoms with Crippen LogP contribution in [0.25, 0.3) is 0 Å². The minimum Gasteiger partial charge on any atom is -0.489 e. The molecule has 5 nitrogen and oxygen atoms in total. The van der Waals surface area contributed by atoms with Crippen molar-refractivity contribution in [3.63, 3.8) is 0 Å². The Morgan fingerprint density at radius 3 is 2.79 bits per heavy atom. The topological polar surface area (TPSA) is 65.0 Å². The van der Waals surface area contributed by atoms with Crippen LogP contribution in [0.5, 0.6) is 11.5 Å². The van der Waals surface area contributed by atoms with Crippen molar-refractivity contribution in [2.45, 2.75) is 42.3 Å². The zero-order valence-corrected chi connectivity index (χ0v) is 17.1. The van der Waals surface area contributed by atoms with E-state index in [9.17, 15) is 9.90 Å². The minimum absolute atomic E-state index is 0.231. The minimum atomic E-state index is -0.991. The molecule has 0 radical (unpaired) electrons. The second-order valence-corrected chi connectivity index (χ2v) is 8.01. The summed E-state index contributed by atoms with van der Waals surface area (Å²) in [5, 5.41) is 9.75. The van der Waals surface area contributed by atoms with Crippen molar-refractivity contribution in [2.75, 3.05) is 12.5 Å². The summed E-state index contributed by atoms with van der Waals surface area (Å²) in [6.07, 6.45) is -0.967. The second kappa shape index (κ2) is 10.0. The number of halogens is 1. The number of aliphatic hydroxyl groups excluding tert-OH is 1. The lowest BCUT2D eigenvalue weighted by Crippen LogP contribution is -2.41. The van der Waals surface area contributed by atoms with E-state index in [4.69, 9.17) is 25.8 Å². The smallest absolute Gasteiger partial charge is 0.322 e. The van der Waals surface area contributed by atoms with Crippen LogP contribution in [0.4, 0.5) is 0 Å². The number of ether oxygens (including phenoxy) is 3. The van der Waals surface area contributed by atoms with Crippen LogP contribution in [0.1, 0.15) is 18.9 Å². The highest BCUT2D eigenvalue weighted by Crippen LogP contribution is 2.41. The average molecular weight is 423 g/mol. The summed E-state index contributed by atoms with van der Waals surface area (Å²) in [6, 6.07) is 15.3. The van der Waals surface area contributed by atoms with E-state index >= 15 is 0 Å². The monoisotopic (exact) mass is 422 g/mol. The van der Waals surface area contributed by atoms with Gasteiger partial charge in [0.2, 0.25) is 0 Å². The first kappa shape index (κ1) is 20.8. The predicted octanol–water partition coefficient (Wildman–Crippen LogP) is 4.04. The summed E-state index contributed by atoms with van der Waals surface area (Å²) in [6.45, 7) is 2.40. The summed E-state index contributed by atoms with van der Waals surface area (Å²) in [5.41, 5.74) is 1.06. The molecule has 2 aromatic rings. The Morgan fingerprint density at radius 1 is 1.25 bits per heavy atom. The van der Waals surface area contributed by atoms with Crippen molar-refractivity contribution in [1.82, 2.24) is 0 Å². The van der Waals surface area contributed by atoms with Gasteiger partial charge in [0.1, 0.15) is 35.6 Å². The Bertz CT molecular complexity index is 786. The molecule has 0 fully saturated rings. The van der Waals surface area contributed by atoms with E-state index < -0.39 is 23.4 Å². The first-order valence-electron chi connectivity index (χ1n) is 9.13. The van der Waals surface area contributed by atoms with Crippen LogP contribution >= 0.6 is 23.4 Å². The van der Waals surface area contributed by atoms with E-state index in [-0.39, 0.29) is 6.61 Å². The van der Waals surface area contributed by atoms with Gasteiger partial charge in [-0.1, -0.05) is 30.3 Å². The lowest BCUT2D eigenvalue weighted by Gasteiger charge is -2.22. The molecule has 0 aliphatic carbocycles. The number of esters is 1. The lowest BCUT2D eigenvalue weighted by molar-refractivity contribution is -0.146. The highest BCUT2D eigenvalue weighted by Gasteiger charge is 2.37. The van der Waals surface area contributed by atoms with Gasteiger partial charge in [0.25, 0.3) is 0 Å². The van der Waals surface area contributed by atoms with Gasteiger partial charge in [0.05, 0.1) is 11.5 Å². The molecule has 0 saturated heterocycles. The number of hydrogen-bond donors (Lipinski definition) is 1. The molecule has 150 valence electrons. The van der Waals surface area contributed by atoms with Crippen LogP contribution in [0.2, 0.25) is 0 Å². The molecule has 1 aliphatic rings. The van der Waals surface area contributed by atoms with E-state index in [0.29, 0.717) is 30.4 Å². The third-order valence-electron chi connectivity index (χ3n) is 4.28. The number of rotatable bonds is 7. The summed E-state index contributed by atoms with van der Waals surface area (Å²) in [7, 11) is 0. The van der Waals surface area contributed by atoms with Crippen LogP contribution in [0.3, 0.4) is 0 Å². The molecular formula is C21H23ClO5S. The molecule has 1 unspecified atom stereocenters. The standard InChI is InChI=1S/C21H23ClO5S/c1-14-19(23)20(21(24)25-11-5-10-22)28-18-12-16(8-9-17(18)27-14)26-13-15-6-3-2-4-7-15/h2-4,6-9,12,14,19-20,23H,5,10-11,13H2,1H3/t14?,19-,20+/m0/s1. The van der Waals surface area contributed by atoms with Crippen molar-refractivity contribution >= 4 is 29.3 Å². The fourth-order valence-electron chi connectivity index (χ4n) is 2.73. The molecule has 0 amide bonds. The van der Waals surface area contributed by atoms with E-state index in [1.807, 2.05) is 42.5 Å². The number of aliphatic hydroxyl groups is 1. The Labute approximate surface area is 173 Å². The van der Waals surface area contributed by atoms with Gasteiger partial charge in [-0.2, -0.15) is 0 Å². The molecule has 0 saturated carbocycles. The fourth-order valence-corrected chi connectivity index (χ4v) is 4.05. The fraction of sp³-hybridized carbons (Fsp3) is 0.381. The Hall–Kier alpha value is -1.89. The van der Waals surface area contributed by atoms with Crippen molar-refractivity contribution in [3.05, 3.63) is 54.1 Å². The Kier molecular flexibility index (Phi) is 7.48. The van der Waals surface area contributed by atoms with E-state index in [0.717, 1.165) is 10.5 Å². The number of carbonyl (C=O) groups excluding carboxylic acids is 1. The van der Waals surface area contributed by atoms with Crippen LogP contribution in [0, 0.1) is 0 Å². The molecule has 1 aliphatic heterocycles. The van der Waals surface area contributed by atoms with Crippen LogP contribution in [0.15, 0.2) is 53.4 Å². The quantitative estimate of drug-likeness (QED) is 0.412. The number of hydrogen-bond acceptors (Lipinski definition) is 6. The normalized spacial score (nSPS) is 21.2. The zero-order valence-electron chi connectivity index (χ0n) is 15.5. The summed E-state index contributed by atoms with van der Waals surface area (Å²) in [5.74, 6) is 1.22. The number of thioether (sulfide) groups is 1. The van der Waals surface area contributed by atoms with E-state index in [1.165, 1.54) is 11.8 Å². The molecule has 2 aromatic carbocycles. The first-order chi connectivity index (χ1) is 13.6. The van der Waals surface area contributed by atoms with Gasteiger partial charge in [-0.25, -0.2) is 0 Å².